The Labute approximate surface area is 332 Å². The van der Waals surface area contributed by atoms with E-state index in [1.165, 1.54) is 0 Å². The van der Waals surface area contributed by atoms with Gasteiger partial charge in [0.25, 0.3) is 0 Å². The molecule has 0 unspecified atom stereocenters. The Morgan fingerprint density at radius 2 is 0.750 bits per heavy atom. The van der Waals surface area contributed by atoms with Gasteiger partial charge in [0, 0.05) is 39.7 Å². The van der Waals surface area contributed by atoms with Crippen LogP contribution in [0.3, 0.4) is 0 Å². The molecular weight excluding hydrogens is 746 g/mol. The van der Waals surface area contributed by atoms with Crippen molar-refractivity contribution < 1.29 is 31.5 Å². The molecule has 10 rings (SSSR count). The summed E-state index contributed by atoms with van der Waals surface area (Å²) in [6, 6.07) is 24.2. The summed E-state index contributed by atoms with van der Waals surface area (Å²) in [7, 11) is 0. The third-order valence-corrected chi connectivity index (χ3v) is 10.1. The van der Waals surface area contributed by atoms with Crippen LogP contribution in [0, 0.1) is 0 Å². The minimum absolute atomic E-state index is 0. The van der Waals surface area contributed by atoms with Crippen LogP contribution in [0.1, 0.15) is 51.1 Å². The number of para-hydroxylation sites is 1. The molecule has 3 N–H and O–H groups in total. The van der Waals surface area contributed by atoms with Crippen LogP contribution in [0.15, 0.2) is 174 Å². The molecule has 4 aromatic heterocycles. The van der Waals surface area contributed by atoms with Gasteiger partial charge in [-0.05, 0) is 112 Å². The van der Waals surface area contributed by atoms with E-state index in [9.17, 15) is 14.4 Å². The van der Waals surface area contributed by atoms with Gasteiger partial charge in [-0.3, -0.25) is 14.4 Å². The van der Waals surface area contributed by atoms with Gasteiger partial charge in [-0.1, -0.05) is 85.0 Å². The molecule has 5 aliphatic rings. The maximum absolute atomic E-state index is 12.3. The Hall–Kier alpha value is -7.19. The van der Waals surface area contributed by atoms with Crippen molar-refractivity contribution in [3.05, 3.63) is 225 Å². The van der Waals surface area contributed by atoms with Crippen LogP contribution in [-0.2, 0) is 31.5 Å². The molecule has 0 spiro atoms. The molecule has 2 aliphatic heterocycles. The average Bonchev–Trinajstić information content (AvgIpc) is 4.05. The zero-order valence-electron chi connectivity index (χ0n) is 29.4. The van der Waals surface area contributed by atoms with Crippen molar-refractivity contribution in [1.29, 1.82) is 0 Å². The molecule has 1 radical (unpaired) electrons. The van der Waals surface area contributed by atoms with Gasteiger partial charge in [0.1, 0.15) is 0 Å². The first-order chi connectivity index (χ1) is 26.9. The quantitative estimate of drug-likeness (QED) is 0.135. The summed E-state index contributed by atoms with van der Waals surface area (Å²) in [5, 5.41) is 3.65. The number of ketones is 3. The number of aromatic nitrogens is 4. The van der Waals surface area contributed by atoms with Crippen LogP contribution in [-0.4, -0.2) is 27.3 Å². The molecule has 271 valence electrons. The standard InChI is InChI=1S/C47H31N5O3.Cu/c53-31-12-5-28(6-13-31)44-35-19-21-37(49-35)45(29-7-14-32(54)15-8-29)39-23-25-42(51-39)47(41-18-11-27-3-1-2-4-34(27)48-41)43-26-24-40(52-43)46(38-22-20-36(44)50-38)30-9-16-33(55)17-10-30;/h1-26H,(H5,48,49,50,51,52,53,54,55);/q;+2/p-2. The van der Waals surface area contributed by atoms with Crippen LogP contribution in [0.5, 0.6) is 0 Å². The number of carbonyl (C=O) groups is 3. The zero-order chi connectivity index (χ0) is 37.0. The van der Waals surface area contributed by atoms with Crippen molar-refractivity contribution >= 4 is 51.4 Å². The predicted octanol–water partition coefficient (Wildman–Crippen LogP) is 7.96. The maximum atomic E-state index is 12.3. The second kappa shape index (κ2) is 13.9. The van der Waals surface area contributed by atoms with Gasteiger partial charge < -0.3 is 25.3 Å². The molecule has 8 nitrogen and oxygen atoms in total. The number of aromatic amines is 2. The first kappa shape index (κ1) is 34.6. The maximum Gasteiger partial charge on any atom is 2.00 e. The molecule has 0 amide bonds. The molecule has 0 fully saturated rings. The van der Waals surface area contributed by atoms with Crippen molar-refractivity contribution in [3.8, 4) is 0 Å². The fourth-order valence-corrected chi connectivity index (χ4v) is 7.53. The molecule has 5 aromatic rings. The number of nitrogens with zero attached hydrogens (tertiary/aromatic N) is 2. The molecule has 56 heavy (non-hydrogen) atoms. The van der Waals surface area contributed by atoms with Crippen LogP contribution in [0.25, 0.3) is 28.4 Å². The van der Waals surface area contributed by atoms with Crippen LogP contribution < -0.4 is 15.3 Å². The van der Waals surface area contributed by atoms with Gasteiger partial charge >= 0.3 is 17.1 Å². The van der Waals surface area contributed by atoms with E-state index >= 15 is 0 Å². The number of hydrogen-bond donors (Lipinski definition) is 3. The van der Waals surface area contributed by atoms with Gasteiger partial charge in [-0.25, -0.2) is 0 Å². The molecular formula is C47H29CuN5O3. The van der Waals surface area contributed by atoms with Crippen molar-refractivity contribution in [2.45, 2.75) is 0 Å². The van der Waals surface area contributed by atoms with Gasteiger partial charge in [0.2, 0.25) is 0 Å². The minimum atomic E-state index is -0.0890. The fraction of sp³-hybridized carbons (Fsp3) is 0. The number of rotatable bonds is 0. The number of benzene rings is 1. The third kappa shape index (κ3) is 6.11. The van der Waals surface area contributed by atoms with Crippen LogP contribution in [0.2, 0.25) is 0 Å². The van der Waals surface area contributed by atoms with E-state index in [0.29, 0.717) is 11.4 Å². The number of nitrogens with one attached hydrogen (secondary N) is 3. The summed E-state index contributed by atoms with van der Waals surface area (Å²) in [6.07, 6.45) is 24.4. The second-order valence-corrected chi connectivity index (χ2v) is 13.5. The van der Waals surface area contributed by atoms with E-state index in [1.807, 2.05) is 97.1 Å². The van der Waals surface area contributed by atoms with E-state index in [0.717, 1.165) is 90.1 Å². The normalized spacial score (nSPS) is 18.2. The van der Waals surface area contributed by atoms with E-state index in [2.05, 4.69) is 39.6 Å². The van der Waals surface area contributed by atoms with Gasteiger partial charge in [0.15, 0.2) is 17.3 Å². The number of anilines is 1. The summed E-state index contributed by atoms with van der Waals surface area (Å²) in [4.78, 5) is 54.7. The van der Waals surface area contributed by atoms with Gasteiger partial charge in [-0.2, -0.15) is 0 Å². The molecule has 6 heterocycles. The number of carbonyl (C=O) groups excluding carboxylic acids is 3. The molecule has 0 atom stereocenters. The fourth-order valence-electron chi connectivity index (χ4n) is 7.53. The summed E-state index contributed by atoms with van der Waals surface area (Å²) < 4.78 is 0. The van der Waals surface area contributed by atoms with E-state index in [4.69, 9.17) is 9.97 Å². The van der Waals surface area contributed by atoms with E-state index in [1.54, 1.807) is 36.5 Å². The van der Waals surface area contributed by atoms with Crippen LogP contribution >= 0.6 is 0 Å². The topological polar surface area (TPSA) is 123 Å². The molecule has 3 aliphatic carbocycles. The smallest absolute Gasteiger partial charge is 0.657 e. The second-order valence-electron chi connectivity index (χ2n) is 13.5. The third-order valence-electron chi connectivity index (χ3n) is 10.1. The van der Waals surface area contributed by atoms with E-state index < -0.39 is 0 Å². The Morgan fingerprint density at radius 1 is 0.375 bits per heavy atom. The number of H-pyrrole nitrogens is 2. The van der Waals surface area contributed by atoms with Crippen LogP contribution in [0.4, 0.5) is 5.69 Å². The molecule has 8 bridgehead atoms. The monoisotopic (exact) mass is 774 g/mol. The summed E-state index contributed by atoms with van der Waals surface area (Å²) in [5.74, 6) is -0.253. The molecule has 0 saturated heterocycles. The van der Waals surface area contributed by atoms with E-state index in [-0.39, 0.29) is 34.4 Å². The number of hydrogen-bond acceptors (Lipinski definition) is 4. The molecule has 9 heteroatoms. The Kier molecular flexibility index (Phi) is 8.58. The Morgan fingerprint density at radius 3 is 1.18 bits per heavy atom. The van der Waals surface area contributed by atoms with Crippen molar-refractivity contribution in [1.82, 2.24) is 19.9 Å². The number of allylic oxidation sites excluding steroid dienone is 16. The first-order valence-corrected chi connectivity index (χ1v) is 17.9. The first-order valence-electron chi connectivity index (χ1n) is 17.9. The Bertz CT molecular complexity index is 2700. The molecule has 1 aromatic carbocycles. The summed E-state index contributed by atoms with van der Waals surface area (Å²) >= 11 is 0. The minimum Gasteiger partial charge on any atom is -0.657 e. The van der Waals surface area contributed by atoms with Crippen molar-refractivity contribution in [3.63, 3.8) is 0 Å². The van der Waals surface area contributed by atoms with Gasteiger partial charge in [0.05, 0.1) is 0 Å². The zero-order valence-corrected chi connectivity index (χ0v) is 30.4. The molecule has 0 saturated carbocycles. The number of fused-ring (bicyclic) bond motifs is 9. The predicted molar refractivity (Wildman–Crippen MR) is 214 cm³/mol. The van der Waals surface area contributed by atoms with Crippen molar-refractivity contribution in [2.75, 3.05) is 5.32 Å². The average molecular weight is 775 g/mol. The summed E-state index contributed by atoms with van der Waals surface area (Å²) in [5.41, 5.74) is 14.8. The van der Waals surface area contributed by atoms with Crippen molar-refractivity contribution in [2.24, 2.45) is 0 Å². The summed E-state index contributed by atoms with van der Waals surface area (Å²) in [6.45, 7) is 0. The SMILES string of the molecule is O=C1C=CC(=C2c3ccc([n-]3)C(=C3C=CC(=O)C=C3)c3ccc([nH]3)C(=C3C=Cc4ccccc4N3)c3ccc([n-]3)C(=C3C=CC(=O)C=C3)c3ccc2[nH]3)C=C1.[Cu+2]. The largest absolute Gasteiger partial charge is 2.00 e. The van der Waals surface area contributed by atoms with Gasteiger partial charge in [-0.15, -0.1) is 22.8 Å². The Balaban J connectivity index is 0.00000410.